The van der Waals surface area contributed by atoms with Crippen molar-refractivity contribution in [3.05, 3.63) is 0 Å². The van der Waals surface area contributed by atoms with Gasteiger partial charge < -0.3 is 39.0 Å². The van der Waals surface area contributed by atoms with E-state index in [2.05, 4.69) is 0 Å². The third-order valence-corrected chi connectivity index (χ3v) is 4.95. The van der Waals surface area contributed by atoms with Crippen molar-refractivity contribution in [2.45, 2.75) is 38.4 Å². The maximum atomic E-state index is 12.6. The van der Waals surface area contributed by atoms with Crippen molar-refractivity contribution in [1.82, 2.24) is 0 Å². The molecule has 5 atom stereocenters. The second-order valence-corrected chi connectivity index (χ2v) is 10.3. The SMILES string of the molecule is CC(CCCC(=O)C(C(=O)[O-])C(O)C[N+](C)(C)C)C(=O)C(C(=O)[O-])C(O)C[N+](C)(C)C. The molecule has 0 saturated heterocycles. The van der Waals surface area contributed by atoms with Crippen molar-refractivity contribution >= 4 is 23.5 Å². The lowest BCUT2D eigenvalue weighted by atomic mass is 9.85. The lowest BCUT2D eigenvalue weighted by molar-refractivity contribution is -0.873. The summed E-state index contributed by atoms with van der Waals surface area (Å²) in [5.74, 6) is -8.87. The van der Waals surface area contributed by atoms with Crippen molar-refractivity contribution in [1.29, 1.82) is 0 Å². The van der Waals surface area contributed by atoms with Crippen LogP contribution in [0.4, 0.5) is 0 Å². The predicted octanol–water partition coefficient (Wildman–Crippen LogP) is -3.20. The van der Waals surface area contributed by atoms with Gasteiger partial charge in [-0.05, 0) is 12.8 Å². The fourth-order valence-electron chi connectivity index (χ4n) is 3.49. The lowest BCUT2D eigenvalue weighted by Crippen LogP contribution is -2.52. The Kier molecular flexibility index (Phi) is 11.0. The van der Waals surface area contributed by atoms with Gasteiger partial charge in [-0.2, -0.15) is 0 Å². The first-order valence-electron chi connectivity index (χ1n) is 10.3. The van der Waals surface area contributed by atoms with Crippen molar-refractivity contribution in [2.24, 2.45) is 17.8 Å². The van der Waals surface area contributed by atoms with Crippen LogP contribution in [0.25, 0.3) is 0 Å². The van der Waals surface area contributed by atoms with Crippen LogP contribution in [0.5, 0.6) is 0 Å². The van der Waals surface area contributed by atoms with Gasteiger partial charge in [0.15, 0.2) is 0 Å². The molecular formula is C21H38N2O8. The van der Waals surface area contributed by atoms with Gasteiger partial charge in [0.1, 0.15) is 36.9 Å². The molecule has 0 fully saturated rings. The Labute approximate surface area is 184 Å². The van der Waals surface area contributed by atoms with Crippen LogP contribution in [-0.4, -0.2) is 110 Å². The van der Waals surface area contributed by atoms with E-state index in [0.29, 0.717) is 0 Å². The van der Waals surface area contributed by atoms with E-state index in [1.807, 2.05) is 0 Å². The summed E-state index contributed by atoms with van der Waals surface area (Å²) >= 11 is 0. The maximum Gasteiger partial charge on any atom is 0.147 e. The first-order valence-corrected chi connectivity index (χ1v) is 10.3. The summed E-state index contributed by atoms with van der Waals surface area (Å²) in [4.78, 5) is 47.8. The third-order valence-electron chi connectivity index (χ3n) is 4.95. The molecule has 0 heterocycles. The van der Waals surface area contributed by atoms with E-state index >= 15 is 0 Å². The number of aliphatic carboxylic acids is 2. The predicted molar refractivity (Wildman–Crippen MR) is 108 cm³/mol. The van der Waals surface area contributed by atoms with E-state index in [1.165, 1.54) is 6.92 Å². The minimum absolute atomic E-state index is 0.0348. The second-order valence-electron chi connectivity index (χ2n) is 10.3. The summed E-state index contributed by atoms with van der Waals surface area (Å²) in [7, 11) is 10.5. The van der Waals surface area contributed by atoms with Crippen LogP contribution in [0.1, 0.15) is 26.2 Å². The van der Waals surface area contributed by atoms with Gasteiger partial charge >= 0.3 is 0 Å². The van der Waals surface area contributed by atoms with E-state index < -0.39 is 53.5 Å². The van der Waals surface area contributed by atoms with E-state index in [4.69, 9.17) is 0 Å². The number of hydrogen-bond donors (Lipinski definition) is 2. The van der Waals surface area contributed by atoms with Gasteiger partial charge in [0.05, 0.1) is 66.1 Å². The molecule has 0 aliphatic carbocycles. The van der Waals surface area contributed by atoms with Crippen LogP contribution in [-0.2, 0) is 19.2 Å². The van der Waals surface area contributed by atoms with Gasteiger partial charge in [-0.25, -0.2) is 0 Å². The number of ketones is 2. The molecule has 2 N–H and O–H groups in total. The van der Waals surface area contributed by atoms with Gasteiger partial charge in [-0.15, -0.1) is 0 Å². The molecule has 0 aromatic carbocycles. The van der Waals surface area contributed by atoms with Crippen molar-refractivity contribution in [3.63, 3.8) is 0 Å². The summed E-state index contributed by atoms with van der Waals surface area (Å²) < 4.78 is 0.505. The minimum Gasteiger partial charge on any atom is -0.549 e. The Bertz CT molecular complexity index is 651. The maximum absolute atomic E-state index is 12.6. The molecule has 10 nitrogen and oxygen atoms in total. The van der Waals surface area contributed by atoms with Gasteiger partial charge in [0, 0.05) is 12.3 Å². The molecule has 0 bridgehead atoms. The average molecular weight is 447 g/mol. The number of carboxylic acids is 2. The number of likely N-dealkylation sites (N-methyl/N-ethyl adjacent to an activating group) is 2. The van der Waals surface area contributed by atoms with Crippen LogP contribution in [0.3, 0.4) is 0 Å². The first kappa shape index (κ1) is 29.1. The molecule has 0 rings (SSSR count). The Morgan fingerprint density at radius 2 is 1.16 bits per heavy atom. The molecule has 180 valence electrons. The van der Waals surface area contributed by atoms with Crippen LogP contribution >= 0.6 is 0 Å². The molecular weight excluding hydrogens is 408 g/mol. The molecule has 0 aromatic rings. The molecule has 10 heteroatoms. The van der Waals surface area contributed by atoms with Crippen LogP contribution in [0, 0.1) is 17.8 Å². The number of aliphatic hydroxyl groups excluding tert-OH is 2. The van der Waals surface area contributed by atoms with E-state index in [-0.39, 0.29) is 41.3 Å². The number of rotatable bonds is 15. The highest BCUT2D eigenvalue weighted by Gasteiger charge is 2.35. The highest BCUT2D eigenvalue weighted by Crippen LogP contribution is 2.20. The monoisotopic (exact) mass is 446 g/mol. The lowest BCUT2D eigenvalue weighted by Gasteiger charge is -2.31. The van der Waals surface area contributed by atoms with Crippen molar-refractivity contribution in [2.75, 3.05) is 55.4 Å². The average Bonchev–Trinajstić information content (AvgIpc) is 2.50. The van der Waals surface area contributed by atoms with Gasteiger partial charge in [0.25, 0.3) is 0 Å². The fourth-order valence-corrected chi connectivity index (χ4v) is 3.49. The second kappa shape index (κ2) is 11.7. The third kappa shape index (κ3) is 10.8. The quantitative estimate of drug-likeness (QED) is 0.197. The first-order chi connectivity index (χ1) is 13.9. The van der Waals surface area contributed by atoms with E-state index in [9.17, 15) is 39.6 Å². The number of Topliss-reactive ketones (excluding diaryl/α,β-unsaturated/α-hetero) is 2. The Morgan fingerprint density at radius 1 is 0.774 bits per heavy atom. The minimum atomic E-state index is -1.69. The topological polar surface area (TPSA) is 155 Å². The molecule has 31 heavy (non-hydrogen) atoms. The smallest absolute Gasteiger partial charge is 0.147 e. The molecule has 0 aliphatic rings. The zero-order valence-corrected chi connectivity index (χ0v) is 19.7. The molecule has 0 amide bonds. The largest absolute Gasteiger partial charge is 0.549 e. The Balaban J connectivity index is 5.00. The number of aliphatic hydroxyl groups is 2. The Hall–Kier alpha value is -1.88. The van der Waals surface area contributed by atoms with Crippen molar-refractivity contribution in [3.8, 4) is 0 Å². The normalized spacial score (nSPS) is 17.3. The molecule has 0 saturated carbocycles. The number of nitrogens with zero attached hydrogens (tertiary/aromatic N) is 2. The standard InChI is InChI=1S/C21H38N2O8/c1-13(19(27)18(21(30)31)16(26)12-23(5,6)7)9-8-10-14(24)17(20(28)29)15(25)11-22(2,3)4/h13,15-18,25-26H,8-12H2,1-7H3. The summed E-state index contributed by atoms with van der Waals surface area (Å²) in [6.45, 7) is 1.56. The molecule has 0 radical (unpaired) electrons. The number of carbonyl (C=O) groups is 4. The zero-order chi connectivity index (χ0) is 24.7. The summed E-state index contributed by atoms with van der Waals surface area (Å²) in [5, 5.41) is 43.2. The number of quaternary nitrogens is 2. The van der Waals surface area contributed by atoms with Crippen LogP contribution < -0.4 is 10.2 Å². The van der Waals surface area contributed by atoms with Gasteiger partial charge in [-0.1, -0.05) is 6.92 Å². The van der Waals surface area contributed by atoms with Gasteiger partial charge in [0.2, 0.25) is 0 Å². The number of hydrogen-bond acceptors (Lipinski definition) is 8. The van der Waals surface area contributed by atoms with Gasteiger partial charge in [-0.3, -0.25) is 9.59 Å². The number of carbonyl (C=O) groups excluding carboxylic acids is 4. The Morgan fingerprint density at radius 3 is 1.52 bits per heavy atom. The summed E-state index contributed by atoms with van der Waals surface area (Å²) in [6, 6.07) is 0. The van der Waals surface area contributed by atoms with Crippen LogP contribution in [0.2, 0.25) is 0 Å². The molecule has 0 aromatic heterocycles. The van der Waals surface area contributed by atoms with E-state index in [0.717, 1.165) is 0 Å². The molecule has 5 unspecified atom stereocenters. The summed E-state index contributed by atoms with van der Waals surface area (Å²) in [6.07, 6.45) is -2.80. The highest BCUT2D eigenvalue weighted by atomic mass is 16.4. The van der Waals surface area contributed by atoms with Crippen molar-refractivity contribution < 1.29 is 48.6 Å². The molecule has 0 aliphatic heterocycles. The summed E-state index contributed by atoms with van der Waals surface area (Å²) in [5.41, 5.74) is 0. The molecule has 0 spiro atoms. The van der Waals surface area contributed by atoms with E-state index in [1.54, 1.807) is 42.3 Å². The number of carboxylic acid groups (broad SMARTS) is 2. The highest BCUT2D eigenvalue weighted by molar-refractivity contribution is 5.99. The zero-order valence-electron chi connectivity index (χ0n) is 19.7. The van der Waals surface area contributed by atoms with Crippen LogP contribution in [0.15, 0.2) is 0 Å². The fraction of sp³-hybridized carbons (Fsp3) is 0.810.